The Balaban J connectivity index is 3.52. The summed E-state index contributed by atoms with van der Waals surface area (Å²) in [6, 6.07) is 0. The maximum Gasteiger partial charge on any atom is 0.269 e. The molecule has 0 radical (unpaired) electrons. The third-order valence-corrected chi connectivity index (χ3v) is 2.76. The minimum Gasteiger partial charge on any atom is -0.493 e. The van der Waals surface area contributed by atoms with Gasteiger partial charge in [0, 0.05) is 5.56 Å². The van der Waals surface area contributed by atoms with Crippen LogP contribution in [0.2, 0.25) is 0 Å². The predicted molar refractivity (Wildman–Crippen MR) is 56.1 cm³/mol. The highest BCUT2D eigenvalue weighted by atomic mass is 32.2. The molecule has 0 aliphatic rings. The molecule has 8 nitrogen and oxygen atoms in total. The zero-order valence-electron chi connectivity index (χ0n) is 8.71. The molecular weight excluding hydrogens is 252 g/mol. The molecule has 9 heteroatoms. The van der Waals surface area contributed by atoms with Crippen LogP contribution in [-0.2, 0) is 15.9 Å². The first-order valence-electron chi connectivity index (χ1n) is 4.30. The second-order valence-corrected chi connectivity index (χ2v) is 4.78. The Hall–Kier alpha value is -1.87. The molecule has 1 aromatic heterocycles. The molecule has 1 amide bonds. The highest BCUT2D eigenvalue weighted by molar-refractivity contribution is 7.85. The van der Waals surface area contributed by atoms with Crippen LogP contribution in [-0.4, -0.2) is 34.1 Å². The number of rotatable bonds is 3. The molecule has 0 aliphatic heterocycles. The Labute approximate surface area is 96.5 Å². The van der Waals surface area contributed by atoms with Crippen molar-refractivity contribution >= 4 is 16.0 Å². The van der Waals surface area contributed by atoms with Crippen molar-refractivity contribution < 1.29 is 28.0 Å². The normalized spacial score (nSPS) is 11.4. The maximum atomic E-state index is 11.0. The minimum absolute atomic E-state index is 0.0554. The van der Waals surface area contributed by atoms with Gasteiger partial charge in [0.25, 0.3) is 16.0 Å². The van der Waals surface area contributed by atoms with Crippen LogP contribution in [0, 0.1) is 6.92 Å². The summed E-state index contributed by atoms with van der Waals surface area (Å²) in [5.74, 6) is -3.54. The molecule has 1 heterocycles. The Kier molecular flexibility index (Phi) is 3.25. The topological polar surface area (TPSA) is 151 Å². The van der Waals surface area contributed by atoms with Gasteiger partial charge in [0.05, 0.1) is 0 Å². The van der Waals surface area contributed by atoms with E-state index in [2.05, 4.69) is 4.98 Å². The molecule has 0 fully saturated rings. The molecule has 0 unspecified atom stereocenters. The second-order valence-electron chi connectivity index (χ2n) is 3.33. The third kappa shape index (κ3) is 2.82. The number of aromatic nitrogens is 1. The van der Waals surface area contributed by atoms with Gasteiger partial charge in [0.2, 0.25) is 11.8 Å². The highest BCUT2D eigenvalue weighted by Gasteiger charge is 2.22. The largest absolute Gasteiger partial charge is 0.493 e. The SMILES string of the molecule is Cc1c(CS(=O)(=O)O)c(O)nc(O)c1C(N)=O. The summed E-state index contributed by atoms with van der Waals surface area (Å²) in [5, 5.41) is 18.6. The Morgan fingerprint density at radius 1 is 1.35 bits per heavy atom. The number of carbonyl (C=O) groups is 1. The third-order valence-electron chi connectivity index (χ3n) is 2.11. The molecule has 0 spiro atoms. The fraction of sp³-hybridized carbons (Fsp3) is 0.250. The van der Waals surface area contributed by atoms with Crippen LogP contribution in [0.25, 0.3) is 0 Å². The zero-order valence-corrected chi connectivity index (χ0v) is 9.52. The smallest absolute Gasteiger partial charge is 0.269 e. The zero-order chi connectivity index (χ0) is 13.4. The lowest BCUT2D eigenvalue weighted by molar-refractivity contribution is 0.0996. The average molecular weight is 262 g/mol. The molecule has 0 saturated heterocycles. The summed E-state index contributed by atoms with van der Waals surface area (Å²) in [7, 11) is -4.41. The highest BCUT2D eigenvalue weighted by Crippen LogP contribution is 2.29. The van der Waals surface area contributed by atoms with E-state index in [9.17, 15) is 23.4 Å². The van der Waals surface area contributed by atoms with Crippen LogP contribution in [0.5, 0.6) is 11.8 Å². The number of carbonyl (C=O) groups excluding carboxylic acids is 1. The van der Waals surface area contributed by atoms with E-state index in [0.717, 1.165) is 0 Å². The number of hydrogen-bond donors (Lipinski definition) is 4. The van der Waals surface area contributed by atoms with Gasteiger partial charge in [-0.05, 0) is 12.5 Å². The van der Waals surface area contributed by atoms with Gasteiger partial charge in [0.1, 0.15) is 11.3 Å². The van der Waals surface area contributed by atoms with Crippen molar-refractivity contribution in [1.82, 2.24) is 4.98 Å². The quantitative estimate of drug-likeness (QED) is 0.525. The van der Waals surface area contributed by atoms with Gasteiger partial charge in [-0.25, -0.2) is 0 Å². The Morgan fingerprint density at radius 3 is 2.29 bits per heavy atom. The van der Waals surface area contributed by atoms with Gasteiger partial charge in [-0.15, -0.1) is 0 Å². The summed E-state index contributed by atoms with van der Waals surface area (Å²) in [6.45, 7) is 1.27. The first-order chi connectivity index (χ1) is 7.63. The van der Waals surface area contributed by atoms with Crippen LogP contribution in [0.3, 0.4) is 0 Å². The minimum atomic E-state index is -4.41. The molecule has 17 heavy (non-hydrogen) atoms. The van der Waals surface area contributed by atoms with Crippen LogP contribution in [0.1, 0.15) is 21.5 Å². The molecular formula is C8H10N2O6S. The maximum absolute atomic E-state index is 11.0. The molecule has 1 rings (SSSR count). The van der Waals surface area contributed by atoms with E-state index in [0.29, 0.717) is 0 Å². The average Bonchev–Trinajstić information content (AvgIpc) is 2.09. The number of nitrogens with zero attached hydrogens (tertiary/aromatic N) is 1. The number of pyridine rings is 1. The summed E-state index contributed by atoms with van der Waals surface area (Å²) in [6.07, 6.45) is 0. The first-order valence-corrected chi connectivity index (χ1v) is 5.90. The van der Waals surface area contributed by atoms with Gasteiger partial charge in [0.15, 0.2) is 0 Å². The van der Waals surface area contributed by atoms with E-state index in [4.69, 9.17) is 10.3 Å². The van der Waals surface area contributed by atoms with Gasteiger partial charge in [-0.2, -0.15) is 13.4 Å². The fourth-order valence-electron chi connectivity index (χ4n) is 1.36. The number of hydrogen-bond acceptors (Lipinski definition) is 6. The first kappa shape index (κ1) is 13.2. The summed E-state index contributed by atoms with van der Waals surface area (Å²) in [5.41, 5.74) is 4.22. The second kappa shape index (κ2) is 4.18. The van der Waals surface area contributed by atoms with Gasteiger partial charge < -0.3 is 15.9 Å². The predicted octanol–water partition coefficient (Wildman–Crippen LogP) is -0.712. The summed E-state index contributed by atoms with van der Waals surface area (Å²) in [4.78, 5) is 14.2. The van der Waals surface area contributed by atoms with E-state index in [1.165, 1.54) is 6.92 Å². The molecule has 0 saturated carbocycles. The van der Waals surface area contributed by atoms with E-state index >= 15 is 0 Å². The standard InChI is InChI=1S/C8H10N2O6S/c1-3-4(2-17(14,15)16)7(12)10-8(13)5(3)6(9)11/h2H2,1H3,(H2,9,11)(H2,10,12,13)(H,14,15,16). The van der Waals surface area contributed by atoms with Gasteiger partial charge in [-0.1, -0.05) is 0 Å². The molecule has 5 N–H and O–H groups in total. The van der Waals surface area contributed by atoms with Crippen LogP contribution >= 0.6 is 0 Å². The van der Waals surface area contributed by atoms with E-state index < -0.39 is 39.1 Å². The van der Waals surface area contributed by atoms with Crippen LogP contribution in [0.4, 0.5) is 0 Å². The summed E-state index contributed by atoms with van der Waals surface area (Å²) >= 11 is 0. The van der Waals surface area contributed by atoms with Crippen molar-refractivity contribution in [3.63, 3.8) is 0 Å². The number of nitrogens with two attached hydrogens (primary N) is 1. The molecule has 0 bridgehead atoms. The monoisotopic (exact) mass is 262 g/mol. The van der Waals surface area contributed by atoms with Crippen molar-refractivity contribution in [2.75, 3.05) is 0 Å². The summed E-state index contributed by atoms with van der Waals surface area (Å²) < 4.78 is 30.1. The Bertz CT molecular complexity index is 580. The van der Waals surface area contributed by atoms with Gasteiger partial charge >= 0.3 is 0 Å². The number of primary amides is 1. The lowest BCUT2D eigenvalue weighted by Crippen LogP contribution is -2.16. The van der Waals surface area contributed by atoms with Crippen molar-refractivity contribution in [2.45, 2.75) is 12.7 Å². The van der Waals surface area contributed by atoms with Crippen molar-refractivity contribution in [3.8, 4) is 11.8 Å². The lowest BCUT2D eigenvalue weighted by atomic mass is 10.1. The van der Waals surface area contributed by atoms with E-state index in [-0.39, 0.29) is 11.1 Å². The van der Waals surface area contributed by atoms with E-state index in [1.807, 2.05) is 0 Å². The van der Waals surface area contributed by atoms with E-state index in [1.54, 1.807) is 0 Å². The van der Waals surface area contributed by atoms with Crippen molar-refractivity contribution in [3.05, 3.63) is 16.7 Å². The number of amides is 1. The number of aromatic hydroxyl groups is 2. The molecule has 0 atom stereocenters. The molecule has 1 aromatic rings. The molecule has 0 aliphatic carbocycles. The van der Waals surface area contributed by atoms with Gasteiger partial charge in [-0.3, -0.25) is 9.35 Å². The van der Waals surface area contributed by atoms with Crippen molar-refractivity contribution in [1.29, 1.82) is 0 Å². The molecule has 94 valence electrons. The molecule has 0 aromatic carbocycles. The fourth-order valence-corrected chi connectivity index (χ4v) is 2.07. The van der Waals surface area contributed by atoms with Crippen molar-refractivity contribution in [2.24, 2.45) is 5.73 Å². The van der Waals surface area contributed by atoms with Crippen LogP contribution < -0.4 is 5.73 Å². The Morgan fingerprint density at radius 2 is 1.88 bits per heavy atom. The van der Waals surface area contributed by atoms with Crippen LogP contribution in [0.15, 0.2) is 0 Å². The lowest BCUT2D eigenvalue weighted by Gasteiger charge is -2.10.